The Hall–Kier alpha value is -2.78. The molecule has 2 aromatic rings. The summed E-state index contributed by atoms with van der Waals surface area (Å²) in [6.45, 7) is 7.52. The van der Waals surface area contributed by atoms with E-state index in [9.17, 15) is 18.8 Å². The molecule has 0 radical (unpaired) electrons. The molecule has 0 spiro atoms. The summed E-state index contributed by atoms with van der Waals surface area (Å²) in [6, 6.07) is 6.80. The summed E-state index contributed by atoms with van der Waals surface area (Å²) in [5.41, 5.74) is 1.37. The smallest absolute Gasteiger partial charge is 0.374 e. The number of Topliss-reactive ketones (excluding diaryl/α,β-unsaturated/α-hetero) is 1. The minimum atomic E-state index is -0.591. The first kappa shape index (κ1) is 35.5. The van der Waals surface area contributed by atoms with E-state index in [4.69, 9.17) is 18.6 Å². The van der Waals surface area contributed by atoms with Gasteiger partial charge in [0, 0.05) is 37.5 Å². The number of ether oxygens (including phenoxy) is 3. The number of carbonyl (C=O) groups excluding carboxylic acids is 3. The monoisotopic (exact) mass is 655 g/mol. The van der Waals surface area contributed by atoms with E-state index in [1.54, 1.807) is 12.1 Å². The second-order valence-electron chi connectivity index (χ2n) is 14.0. The average molecular weight is 656 g/mol. The number of amides is 1. The molecule has 9 heteroatoms. The molecular formula is C38H54FNO7. The van der Waals surface area contributed by atoms with Crippen molar-refractivity contribution in [1.82, 2.24) is 4.90 Å². The van der Waals surface area contributed by atoms with Crippen molar-refractivity contribution in [1.29, 1.82) is 0 Å². The van der Waals surface area contributed by atoms with Crippen LogP contribution in [-0.2, 0) is 30.2 Å². The standard InChI is InChI=1S/C38H54FNO7/c1-4-44-23-31(24-45-5-2)46-38(43)35-21-30-19-26(11-16-34(30)47-35)20-33(41)36-32(28-9-7-6-8-10-28)17-18-40(36)37(42)29-14-12-27(13-15-29)25(3)22-39/h11,16,19,21,25,27-29,31-32,36H,4-10,12-15,17-18,20,22-24H2,1-3H3/t25-,27?,29?,32+,36+/m1/s1. The lowest BCUT2D eigenvalue weighted by Gasteiger charge is -2.37. The molecule has 8 nitrogen and oxygen atoms in total. The number of furan rings is 1. The van der Waals surface area contributed by atoms with Crippen molar-refractivity contribution >= 4 is 28.6 Å². The Labute approximate surface area is 279 Å². The molecule has 1 aromatic carbocycles. The van der Waals surface area contributed by atoms with E-state index < -0.39 is 18.1 Å². The third kappa shape index (κ3) is 8.83. The Bertz CT molecular complexity index is 1320. The van der Waals surface area contributed by atoms with Crippen LogP contribution >= 0.6 is 0 Å². The highest BCUT2D eigenvalue weighted by Crippen LogP contribution is 2.42. The lowest BCUT2D eigenvalue weighted by Crippen LogP contribution is -2.48. The van der Waals surface area contributed by atoms with Crippen LogP contribution in [0.5, 0.6) is 0 Å². The number of ketones is 1. The first-order valence-corrected chi connectivity index (χ1v) is 18.1. The van der Waals surface area contributed by atoms with E-state index in [1.165, 1.54) is 19.3 Å². The van der Waals surface area contributed by atoms with Crippen LogP contribution in [0.1, 0.15) is 101 Å². The Morgan fingerprint density at radius 3 is 2.30 bits per heavy atom. The molecule has 3 fully saturated rings. The maximum Gasteiger partial charge on any atom is 0.374 e. The van der Waals surface area contributed by atoms with Gasteiger partial charge in [-0.15, -0.1) is 0 Å². The van der Waals surface area contributed by atoms with Gasteiger partial charge in [0.1, 0.15) is 11.7 Å². The van der Waals surface area contributed by atoms with Gasteiger partial charge >= 0.3 is 5.97 Å². The van der Waals surface area contributed by atoms with E-state index in [0.717, 1.165) is 55.9 Å². The Morgan fingerprint density at radius 2 is 1.64 bits per heavy atom. The van der Waals surface area contributed by atoms with Crippen molar-refractivity contribution in [2.45, 2.75) is 104 Å². The van der Waals surface area contributed by atoms with Crippen LogP contribution in [0, 0.1) is 29.6 Å². The summed E-state index contributed by atoms with van der Waals surface area (Å²) in [7, 11) is 0. The number of fused-ring (bicyclic) bond motifs is 1. The van der Waals surface area contributed by atoms with Gasteiger partial charge in [-0.3, -0.25) is 14.0 Å². The quantitative estimate of drug-likeness (QED) is 0.185. The Balaban J connectivity index is 1.29. The molecule has 5 rings (SSSR count). The molecule has 0 unspecified atom stereocenters. The third-order valence-electron chi connectivity index (χ3n) is 10.9. The maximum atomic E-state index is 14.2. The number of carbonyl (C=O) groups is 3. The number of likely N-dealkylation sites (tertiary alicyclic amines) is 1. The molecule has 2 aliphatic carbocycles. The van der Waals surface area contributed by atoms with Crippen LogP contribution in [0.2, 0.25) is 0 Å². The molecular weight excluding hydrogens is 601 g/mol. The Kier molecular flexibility index (Phi) is 12.9. The second-order valence-corrected chi connectivity index (χ2v) is 14.0. The van der Waals surface area contributed by atoms with E-state index >= 15 is 0 Å². The topological polar surface area (TPSA) is 95.3 Å². The van der Waals surface area contributed by atoms with E-state index in [2.05, 4.69) is 0 Å². The van der Waals surface area contributed by atoms with Crippen LogP contribution < -0.4 is 0 Å². The largest absolute Gasteiger partial charge is 0.452 e. The van der Waals surface area contributed by atoms with Crippen molar-refractivity contribution in [2.75, 3.05) is 39.6 Å². The molecule has 2 saturated carbocycles. The maximum absolute atomic E-state index is 14.2. The fraction of sp³-hybridized carbons (Fsp3) is 0.711. The van der Waals surface area contributed by atoms with Gasteiger partial charge < -0.3 is 23.5 Å². The first-order chi connectivity index (χ1) is 22.8. The van der Waals surface area contributed by atoms with Crippen molar-refractivity contribution < 1.29 is 37.4 Å². The van der Waals surface area contributed by atoms with E-state index in [0.29, 0.717) is 37.2 Å². The zero-order valence-corrected chi connectivity index (χ0v) is 28.6. The van der Waals surface area contributed by atoms with Gasteiger partial charge in [-0.2, -0.15) is 0 Å². The highest BCUT2D eigenvalue weighted by Gasteiger charge is 2.46. The van der Waals surface area contributed by atoms with E-state index in [1.807, 2.05) is 37.8 Å². The van der Waals surface area contributed by atoms with Crippen LogP contribution in [0.3, 0.4) is 0 Å². The molecule has 3 atom stereocenters. The highest BCUT2D eigenvalue weighted by molar-refractivity contribution is 5.94. The molecule has 0 bridgehead atoms. The molecule has 260 valence electrons. The lowest BCUT2D eigenvalue weighted by atomic mass is 9.74. The van der Waals surface area contributed by atoms with Gasteiger partial charge in [-0.1, -0.05) is 45.1 Å². The number of alkyl halides is 1. The molecule has 1 aliphatic heterocycles. The van der Waals surface area contributed by atoms with Crippen molar-refractivity contribution in [3.8, 4) is 0 Å². The lowest BCUT2D eigenvalue weighted by molar-refractivity contribution is -0.143. The van der Waals surface area contributed by atoms with Gasteiger partial charge in [0.15, 0.2) is 5.78 Å². The Morgan fingerprint density at radius 1 is 0.936 bits per heavy atom. The third-order valence-corrected chi connectivity index (χ3v) is 10.9. The number of nitrogens with zero attached hydrogens (tertiary/aromatic N) is 1. The van der Waals surface area contributed by atoms with E-state index in [-0.39, 0.29) is 61.5 Å². The SMILES string of the molecule is CCOCC(COCC)OC(=O)c1cc2cc(CC(=O)[C@@H]3[C@H](C4CCCCC4)CCN3C(=O)C3CCC([C@H](C)CF)CC3)ccc2o1. The number of hydrogen-bond donors (Lipinski definition) is 0. The number of hydrogen-bond acceptors (Lipinski definition) is 7. The zero-order chi connectivity index (χ0) is 33.3. The minimum Gasteiger partial charge on any atom is -0.452 e. The molecule has 2 heterocycles. The molecule has 1 saturated heterocycles. The van der Waals surface area contributed by atoms with Crippen LogP contribution in [0.15, 0.2) is 28.7 Å². The second kappa shape index (κ2) is 17.0. The van der Waals surface area contributed by atoms with Gasteiger partial charge in [0.2, 0.25) is 11.7 Å². The van der Waals surface area contributed by atoms with Crippen molar-refractivity contribution in [3.05, 3.63) is 35.6 Å². The molecule has 3 aliphatic rings. The average Bonchev–Trinajstić information content (AvgIpc) is 3.74. The van der Waals surface area contributed by atoms with Crippen LogP contribution in [0.4, 0.5) is 4.39 Å². The normalized spacial score (nSPS) is 24.6. The first-order valence-electron chi connectivity index (χ1n) is 18.1. The number of benzene rings is 1. The summed E-state index contributed by atoms with van der Waals surface area (Å²) >= 11 is 0. The fourth-order valence-corrected chi connectivity index (χ4v) is 8.26. The van der Waals surface area contributed by atoms with Gasteiger partial charge in [0.25, 0.3) is 0 Å². The summed E-state index contributed by atoms with van der Waals surface area (Å²) in [4.78, 5) is 43.1. The summed E-state index contributed by atoms with van der Waals surface area (Å²) < 4.78 is 35.6. The summed E-state index contributed by atoms with van der Waals surface area (Å²) in [5, 5.41) is 0.718. The summed E-state index contributed by atoms with van der Waals surface area (Å²) in [5.74, 6) is 0.647. The molecule has 47 heavy (non-hydrogen) atoms. The zero-order valence-electron chi connectivity index (χ0n) is 28.6. The van der Waals surface area contributed by atoms with Gasteiger partial charge in [-0.05, 0) is 93.4 Å². The van der Waals surface area contributed by atoms with Crippen molar-refractivity contribution in [2.24, 2.45) is 29.6 Å². The summed E-state index contributed by atoms with van der Waals surface area (Å²) in [6.07, 6.45) is 9.71. The van der Waals surface area contributed by atoms with Crippen molar-refractivity contribution in [3.63, 3.8) is 0 Å². The number of halogens is 1. The number of esters is 1. The minimum absolute atomic E-state index is 0.0369. The highest BCUT2D eigenvalue weighted by atomic mass is 19.1. The van der Waals surface area contributed by atoms with Crippen LogP contribution in [0.25, 0.3) is 11.0 Å². The van der Waals surface area contributed by atoms with Crippen LogP contribution in [-0.4, -0.2) is 74.4 Å². The fourth-order valence-electron chi connectivity index (χ4n) is 8.26. The van der Waals surface area contributed by atoms with Gasteiger partial charge in [0.05, 0.1) is 25.9 Å². The molecule has 1 amide bonds. The molecule has 0 N–H and O–H groups in total. The predicted molar refractivity (Wildman–Crippen MR) is 178 cm³/mol. The van der Waals surface area contributed by atoms with Gasteiger partial charge in [-0.25, -0.2) is 4.79 Å². The molecule has 1 aromatic heterocycles. The number of rotatable bonds is 15. The predicted octanol–water partition coefficient (Wildman–Crippen LogP) is 7.35.